The van der Waals surface area contributed by atoms with E-state index in [1.807, 2.05) is 24.3 Å². The molecular weight excluding hydrogens is 318 g/mol. The second-order valence-corrected chi connectivity index (χ2v) is 6.18. The summed E-state index contributed by atoms with van der Waals surface area (Å²) in [5.41, 5.74) is 1.69. The largest absolute Gasteiger partial charge is 0.388 e. The Morgan fingerprint density at radius 2 is 1.84 bits per heavy atom. The Labute approximate surface area is 143 Å². The molecule has 2 heterocycles. The first-order valence-corrected chi connectivity index (χ1v) is 8.17. The molecule has 2 aromatic carbocycles. The monoisotopic (exact) mass is 335 g/mol. The third-order valence-electron chi connectivity index (χ3n) is 4.63. The number of H-pyrrole nitrogens is 1. The molecule has 1 aliphatic rings. The zero-order valence-corrected chi connectivity index (χ0v) is 13.5. The standard InChI is InChI=1S/C19H17N3O3/c23-16-9-10-22(11-12-5-1-2-6-13(12)16)19(25)17-14-7-3-4-8-15(14)18(24)21-20-17/h1-8,16,23H,9-11H2,(H,21,24). The number of amides is 1. The quantitative estimate of drug-likeness (QED) is 0.712. The van der Waals surface area contributed by atoms with Gasteiger partial charge in [0.25, 0.3) is 11.5 Å². The molecule has 0 saturated heterocycles. The Kier molecular flexibility index (Phi) is 3.82. The van der Waals surface area contributed by atoms with Gasteiger partial charge in [-0.25, -0.2) is 5.10 Å². The van der Waals surface area contributed by atoms with Crippen LogP contribution in [0.3, 0.4) is 0 Å². The lowest BCUT2D eigenvalue weighted by atomic mass is 10.0. The van der Waals surface area contributed by atoms with Crippen LogP contribution in [0.4, 0.5) is 0 Å². The number of aliphatic hydroxyl groups is 1. The van der Waals surface area contributed by atoms with E-state index in [0.29, 0.717) is 30.3 Å². The Bertz CT molecular complexity index is 1010. The number of hydrogen-bond donors (Lipinski definition) is 2. The van der Waals surface area contributed by atoms with E-state index in [0.717, 1.165) is 11.1 Å². The van der Waals surface area contributed by atoms with Gasteiger partial charge in [0.05, 0.1) is 11.5 Å². The van der Waals surface area contributed by atoms with Crippen LogP contribution in [0.15, 0.2) is 53.3 Å². The lowest BCUT2D eigenvalue weighted by Crippen LogP contribution is -2.32. The van der Waals surface area contributed by atoms with Crippen LogP contribution in [0.1, 0.15) is 34.1 Å². The predicted molar refractivity (Wildman–Crippen MR) is 93.1 cm³/mol. The smallest absolute Gasteiger partial charge is 0.275 e. The number of benzene rings is 2. The van der Waals surface area contributed by atoms with Gasteiger partial charge in [0.1, 0.15) is 0 Å². The summed E-state index contributed by atoms with van der Waals surface area (Å²) in [6, 6.07) is 14.5. The molecule has 1 aliphatic heterocycles. The van der Waals surface area contributed by atoms with Gasteiger partial charge >= 0.3 is 0 Å². The molecule has 1 aromatic heterocycles. The van der Waals surface area contributed by atoms with Crippen LogP contribution in [0.25, 0.3) is 10.8 Å². The van der Waals surface area contributed by atoms with Gasteiger partial charge in [-0.15, -0.1) is 0 Å². The summed E-state index contributed by atoms with van der Waals surface area (Å²) in [5.74, 6) is -0.253. The molecule has 1 atom stereocenters. The SMILES string of the molecule is O=C(c1n[nH]c(=O)c2ccccc12)N1CCC(O)c2ccccc2C1. The predicted octanol–water partition coefficient (Wildman–Crippen LogP) is 2.00. The van der Waals surface area contributed by atoms with Gasteiger partial charge in [0.15, 0.2) is 5.69 Å². The van der Waals surface area contributed by atoms with E-state index in [9.17, 15) is 14.7 Å². The fourth-order valence-corrected chi connectivity index (χ4v) is 3.32. The maximum atomic E-state index is 13.1. The van der Waals surface area contributed by atoms with Gasteiger partial charge in [-0.3, -0.25) is 9.59 Å². The van der Waals surface area contributed by atoms with E-state index in [2.05, 4.69) is 10.2 Å². The maximum absolute atomic E-state index is 13.1. The van der Waals surface area contributed by atoms with Crippen molar-refractivity contribution in [1.82, 2.24) is 15.1 Å². The van der Waals surface area contributed by atoms with Crippen molar-refractivity contribution in [2.75, 3.05) is 6.54 Å². The molecule has 0 spiro atoms. The van der Waals surface area contributed by atoms with Crippen LogP contribution in [-0.4, -0.2) is 32.7 Å². The average Bonchev–Trinajstić information content (AvgIpc) is 2.81. The second kappa shape index (κ2) is 6.14. The van der Waals surface area contributed by atoms with Gasteiger partial charge in [-0.2, -0.15) is 5.10 Å². The highest BCUT2D eigenvalue weighted by Gasteiger charge is 2.26. The van der Waals surface area contributed by atoms with Crippen LogP contribution in [0, 0.1) is 0 Å². The van der Waals surface area contributed by atoms with Crippen LogP contribution in [0.5, 0.6) is 0 Å². The topological polar surface area (TPSA) is 86.3 Å². The first-order valence-electron chi connectivity index (χ1n) is 8.17. The third kappa shape index (κ3) is 2.70. The summed E-state index contributed by atoms with van der Waals surface area (Å²) in [7, 11) is 0. The molecule has 0 fully saturated rings. The van der Waals surface area contributed by atoms with Crippen molar-refractivity contribution in [2.45, 2.75) is 19.1 Å². The molecule has 2 N–H and O–H groups in total. The van der Waals surface area contributed by atoms with Gasteiger partial charge in [-0.05, 0) is 23.6 Å². The number of rotatable bonds is 1. The molecule has 3 aromatic rings. The van der Waals surface area contributed by atoms with Gasteiger partial charge < -0.3 is 10.0 Å². The molecule has 1 amide bonds. The summed E-state index contributed by atoms with van der Waals surface area (Å²) < 4.78 is 0. The number of fused-ring (bicyclic) bond motifs is 2. The molecule has 0 radical (unpaired) electrons. The number of aliphatic hydroxyl groups excluding tert-OH is 1. The highest BCUT2D eigenvalue weighted by molar-refractivity contribution is 6.04. The highest BCUT2D eigenvalue weighted by Crippen LogP contribution is 2.27. The number of nitrogens with zero attached hydrogens (tertiary/aromatic N) is 2. The summed E-state index contributed by atoms with van der Waals surface area (Å²) in [4.78, 5) is 26.6. The van der Waals surface area contributed by atoms with Crippen molar-refractivity contribution >= 4 is 16.7 Å². The number of carbonyl (C=O) groups is 1. The Balaban J connectivity index is 1.75. The van der Waals surface area contributed by atoms with Crippen LogP contribution >= 0.6 is 0 Å². The number of aromatic nitrogens is 2. The Morgan fingerprint density at radius 3 is 2.68 bits per heavy atom. The summed E-state index contributed by atoms with van der Waals surface area (Å²) in [6.07, 6.45) is -0.126. The minimum absolute atomic E-state index is 0.226. The van der Waals surface area contributed by atoms with E-state index in [-0.39, 0.29) is 17.2 Å². The number of hydrogen-bond acceptors (Lipinski definition) is 4. The average molecular weight is 335 g/mol. The van der Waals surface area contributed by atoms with E-state index in [1.54, 1.807) is 29.2 Å². The van der Waals surface area contributed by atoms with Crippen molar-refractivity contribution in [3.05, 3.63) is 75.7 Å². The highest BCUT2D eigenvalue weighted by atomic mass is 16.3. The molecular formula is C19H17N3O3. The molecule has 0 saturated carbocycles. The van der Waals surface area contributed by atoms with Crippen LogP contribution in [-0.2, 0) is 6.54 Å². The maximum Gasteiger partial charge on any atom is 0.275 e. The van der Waals surface area contributed by atoms with E-state index >= 15 is 0 Å². The molecule has 6 nitrogen and oxygen atoms in total. The molecule has 6 heteroatoms. The van der Waals surface area contributed by atoms with E-state index < -0.39 is 6.10 Å². The van der Waals surface area contributed by atoms with Crippen molar-refractivity contribution in [3.8, 4) is 0 Å². The fraction of sp³-hybridized carbons (Fsp3) is 0.211. The zero-order valence-electron chi connectivity index (χ0n) is 13.5. The number of carbonyl (C=O) groups excluding carboxylic acids is 1. The summed E-state index contributed by atoms with van der Waals surface area (Å²) >= 11 is 0. The Morgan fingerprint density at radius 1 is 1.12 bits per heavy atom. The minimum atomic E-state index is -0.589. The van der Waals surface area contributed by atoms with Gasteiger partial charge in [0.2, 0.25) is 0 Å². The Hall–Kier alpha value is -2.99. The van der Waals surface area contributed by atoms with Gasteiger partial charge in [0, 0.05) is 18.5 Å². The summed E-state index contributed by atoms with van der Waals surface area (Å²) in [6.45, 7) is 0.824. The fourth-order valence-electron chi connectivity index (χ4n) is 3.32. The molecule has 1 unspecified atom stereocenters. The van der Waals surface area contributed by atoms with Crippen LogP contribution < -0.4 is 5.56 Å². The van der Waals surface area contributed by atoms with Crippen molar-refractivity contribution in [2.24, 2.45) is 0 Å². The van der Waals surface area contributed by atoms with E-state index in [4.69, 9.17) is 0 Å². The third-order valence-corrected chi connectivity index (χ3v) is 4.63. The lowest BCUT2D eigenvalue weighted by Gasteiger charge is -2.20. The van der Waals surface area contributed by atoms with Crippen LogP contribution in [0.2, 0.25) is 0 Å². The summed E-state index contributed by atoms with van der Waals surface area (Å²) in [5, 5.41) is 17.7. The molecule has 25 heavy (non-hydrogen) atoms. The first kappa shape index (κ1) is 15.5. The second-order valence-electron chi connectivity index (χ2n) is 6.18. The minimum Gasteiger partial charge on any atom is -0.388 e. The van der Waals surface area contributed by atoms with Crippen molar-refractivity contribution in [3.63, 3.8) is 0 Å². The zero-order chi connectivity index (χ0) is 17.4. The molecule has 0 aliphatic carbocycles. The molecule has 126 valence electrons. The molecule has 4 rings (SSSR count). The van der Waals surface area contributed by atoms with Gasteiger partial charge in [-0.1, -0.05) is 42.5 Å². The van der Waals surface area contributed by atoms with Crippen molar-refractivity contribution in [1.29, 1.82) is 0 Å². The first-order chi connectivity index (χ1) is 12.1. The van der Waals surface area contributed by atoms with Crippen molar-refractivity contribution < 1.29 is 9.90 Å². The van der Waals surface area contributed by atoms with E-state index in [1.165, 1.54) is 0 Å². The number of nitrogens with one attached hydrogen (secondary N) is 1. The lowest BCUT2D eigenvalue weighted by molar-refractivity contribution is 0.0718. The molecule has 0 bridgehead atoms. The number of aromatic amines is 1. The normalized spacial score (nSPS) is 17.2.